The number of nitro groups is 1. The molecule has 2 aliphatic rings. The van der Waals surface area contributed by atoms with Crippen molar-refractivity contribution in [3.05, 3.63) is 39.4 Å². The van der Waals surface area contributed by atoms with E-state index in [1.165, 1.54) is 4.90 Å². The van der Waals surface area contributed by atoms with Crippen molar-refractivity contribution in [1.82, 2.24) is 9.21 Å². The zero-order chi connectivity index (χ0) is 23.4. The van der Waals surface area contributed by atoms with Gasteiger partial charge in [-0.25, -0.2) is 8.42 Å². The van der Waals surface area contributed by atoms with Gasteiger partial charge in [-0.15, -0.1) is 0 Å². The number of alkyl halides is 6. The molecule has 2 atom stereocenters. The van der Waals surface area contributed by atoms with Gasteiger partial charge in [0.05, 0.1) is 16.0 Å². The highest BCUT2D eigenvalue weighted by Gasteiger charge is 2.55. The number of rotatable bonds is 4. The van der Waals surface area contributed by atoms with Crippen LogP contribution in [0.15, 0.2) is 23.1 Å². The van der Waals surface area contributed by atoms with E-state index in [0.29, 0.717) is 4.31 Å². The average Bonchev–Trinajstić information content (AvgIpc) is 3.47. The van der Waals surface area contributed by atoms with Crippen LogP contribution in [0.4, 0.5) is 26.3 Å². The fraction of sp³-hybridized carbons (Fsp3) is 0.562. The monoisotopic (exact) mass is 475 g/mol. The summed E-state index contributed by atoms with van der Waals surface area (Å²) in [4.78, 5) is 22.3. The standard InChI is InChI=1S/C16H15F6N3O5S/c17-15(18,19)9-5-10(16(20,21)22)7-11(6-9)31(29,30)24-3-1-23(2-4-24)14(26)12-8-13(12)25(27)28/h5-7,12-13H,1-4,8H2. The Morgan fingerprint density at radius 3 is 1.84 bits per heavy atom. The Bertz CT molecular complexity index is 970. The number of amides is 1. The van der Waals surface area contributed by atoms with Crippen LogP contribution in [0.1, 0.15) is 17.5 Å². The first kappa shape index (κ1) is 23.2. The van der Waals surface area contributed by atoms with Gasteiger partial charge in [-0.2, -0.15) is 30.6 Å². The summed E-state index contributed by atoms with van der Waals surface area (Å²) in [6, 6.07) is -0.904. The predicted octanol–water partition coefficient (Wildman–Crippen LogP) is 2.22. The second-order valence-corrected chi connectivity index (χ2v) is 9.10. The molecule has 1 amide bonds. The first-order chi connectivity index (χ1) is 14.1. The van der Waals surface area contributed by atoms with Crippen molar-refractivity contribution >= 4 is 15.9 Å². The maximum Gasteiger partial charge on any atom is 0.416 e. The summed E-state index contributed by atoms with van der Waals surface area (Å²) < 4.78 is 104. The Hall–Kier alpha value is -2.42. The van der Waals surface area contributed by atoms with Gasteiger partial charge < -0.3 is 4.90 Å². The molecule has 1 aliphatic carbocycles. The van der Waals surface area contributed by atoms with Gasteiger partial charge in [0.1, 0.15) is 5.92 Å². The van der Waals surface area contributed by atoms with Crippen LogP contribution < -0.4 is 0 Å². The third kappa shape index (κ3) is 4.76. The van der Waals surface area contributed by atoms with Crippen molar-refractivity contribution in [3.8, 4) is 0 Å². The number of hydrogen-bond donors (Lipinski definition) is 0. The lowest BCUT2D eigenvalue weighted by Crippen LogP contribution is -2.51. The average molecular weight is 475 g/mol. The Balaban J connectivity index is 1.80. The molecule has 1 aromatic carbocycles. The molecule has 0 radical (unpaired) electrons. The third-order valence-electron chi connectivity index (χ3n) is 5.09. The molecule has 2 fully saturated rings. The maximum atomic E-state index is 13.0. The van der Waals surface area contributed by atoms with Gasteiger partial charge in [0.25, 0.3) is 0 Å². The van der Waals surface area contributed by atoms with E-state index < -0.39 is 61.2 Å². The smallest absolute Gasteiger partial charge is 0.340 e. The molecule has 0 aromatic heterocycles. The Labute approximate surface area is 171 Å². The Morgan fingerprint density at radius 1 is 0.968 bits per heavy atom. The molecule has 172 valence electrons. The molecule has 1 aromatic rings. The van der Waals surface area contributed by atoms with E-state index in [9.17, 15) is 49.7 Å². The summed E-state index contributed by atoms with van der Waals surface area (Å²) in [6.07, 6.45) is -10.3. The van der Waals surface area contributed by atoms with Crippen molar-refractivity contribution in [2.45, 2.75) is 29.7 Å². The molecule has 0 N–H and O–H groups in total. The van der Waals surface area contributed by atoms with Crippen LogP contribution in [0.25, 0.3) is 0 Å². The summed E-state index contributed by atoms with van der Waals surface area (Å²) in [7, 11) is -4.72. The third-order valence-corrected chi connectivity index (χ3v) is 6.97. The van der Waals surface area contributed by atoms with Crippen LogP contribution in [-0.4, -0.2) is 60.7 Å². The van der Waals surface area contributed by atoms with Gasteiger partial charge in [0.15, 0.2) is 0 Å². The number of benzene rings is 1. The van der Waals surface area contributed by atoms with Gasteiger partial charge in [0.2, 0.25) is 22.0 Å². The van der Waals surface area contributed by atoms with E-state index in [4.69, 9.17) is 0 Å². The molecule has 8 nitrogen and oxygen atoms in total. The summed E-state index contributed by atoms with van der Waals surface area (Å²) in [6.45, 7) is -1.13. The second-order valence-electron chi connectivity index (χ2n) is 7.17. The highest BCUT2D eigenvalue weighted by atomic mass is 32.2. The summed E-state index contributed by atoms with van der Waals surface area (Å²) >= 11 is 0. The van der Waals surface area contributed by atoms with Crippen molar-refractivity contribution in [2.24, 2.45) is 5.92 Å². The molecule has 1 heterocycles. The van der Waals surface area contributed by atoms with Crippen LogP contribution in [-0.2, 0) is 27.2 Å². The molecule has 2 unspecified atom stereocenters. The maximum absolute atomic E-state index is 13.0. The lowest BCUT2D eigenvalue weighted by Gasteiger charge is -2.34. The summed E-state index contributed by atoms with van der Waals surface area (Å²) in [5.74, 6) is -1.34. The van der Waals surface area contributed by atoms with E-state index in [1.807, 2.05) is 0 Å². The zero-order valence-electron chi connectivity index (χ0n) is 15.5. The number of carbonyl (C=O) groups is 1. The van der Waals surface area contributed by atoms with E-state index in [-0.39, 0.29) is 50.8 Å². The van der Waals surface area contributed by atoms with Crippen molar-refractivity contribution < 1.29 is 44.5 Å². The van der Waals surface area contributed by atoms with Crippen LogP contribution in [0.5, 0.6) is 0 Å². The second kappa shape index (κ2) is 7.62. The van der Waals surface area contributed by atoms with Gasteiger partial charge in [0, 0.05) is 37.5 Å². The van der Waals surface area contributed by atoms with Gasteiger partial charge in [-0.3, -0.25) is 14.9 Å². The van der Waals surface area contributed by atoms with Crippen molar-refractivity contribution in [2.75, 3.05) is 26.2 Å². The minimum absolute atomic E-state index is 0.0643. The molecule has 1 saturated carbocycles. The fourth-order valence-electron chi connectivity index (χ4n) is 3.29. The van der Waals surface area contributed by atoms with Crippen LogP contribution in [0.2, 0.25) is 0 Å². The normalized spacial score (nSPS) is 23.0. The number of carbonyl (C=O) groups excluding carboxylic acids is 1. The van der Waals surface area contributed by atoms with E-state index >= 15 is 0 Å². The molecule has 1 saturated heterocycles. The van der Waals surface area contributed by atoms with Crippen LogP contribution in [0.3, 0.4) is 0 Å². The van der Waals surface area contributed by atoms with Gasteiger partial charge in [-0.1, -0.05) is 0 Å². The lowest BCUT2D eigenvalue weighted by atomic mass is 10.1. The molecule has 15 heteroatoms. The lowest BCUT2D eigenvalue weighted by molar-refractivity contribution is -0.497. The molecular formula is C16H15F6N3O5S. The highest BCUT2D eigenvalue weighted by Crippen LogP contribution is 2.38. The zero-order valence-corrected chi connectivity index (χ0v) is 16.3. The fourth-order valence-corrected chi connectivity index (χ4v) is 4.78. The van der Waals surface area contributed by atoms with Crippen LogP contribution in [0, 0.1) is 16.0 Å². The van der Waals surface area contributed by atoms with Gasteiger partial charge >= 0.3 is 12.4 Å². The summed E-state index contributed by atoms with van der Waals surface area (Å²) in [5, 5.41) is 10.7. The number of hydrogen-bond acceptors (Lipinski definition) is 5. The SMILES string of the molecule is O=C(C1CC1[N+](=O)[O-])N1CCN(S(=O)(=O)c2cc(C(F)(F)F)cc(C(F)(F)F)c2)CC1. The van der Waals surface area contributed by atoms with Crippen LogP contribution >= 0.6 is 0 Å². The highest BCUT2D eigenvalue weighted by molar-refractivity contribution is 7.89. The molecule has 31 heavy (non-hydrogen) atoms. The molecule has 3 rings (SSSR count). The Kier molecular flexibility index (Phi) is 5.71. The first-order valence-electron chi connectivity index (χ1n) is 8.84. The quantitative estimate of drug-likeness (QED) is 0.378. The minimum atomic E-state index is -5.20. The van der Waals surface area contributed by atoms with E-state index in [2.05, 4.69) is 0 Å². The predicted molar refractivity (Wildman–Crippen MR) is 90.7 cm³/mol. The molecule has 0 bridgehead atoms. The molecular weight excluding hydrogens is 460 g/mol. The van der Waals surface area contributed by atoms with Crippen molar-refractivity contribution in [1.29, 1.82) is 0 Å². The number of halogens is 6. The number of piperazine rings is 1. The van der Waals surface area contributed by atoms with Gasteiger partial charge in [-0.05, 0) is 18.2 Å². The topological polar surface area (TPSA) is 101 Å². The first-order valence-corrected chi connectivity index (χ1v) is 10.3. The largest absolute Gasteiger partial charge is 0.416 e. The Morgan fingerprint density at radius 2 is 1.45 bits per heavy atom. The number of nitrogens with zero attached hydrogens (tertiary/aromatic N) is 3. The molecule has 1 aliphatic heterocycles. The van der Waals surface area contributed by atoms with E-state index in [0.717, 1.165) is 0 Å². The summed E-state index contributed by atoms with van der Waals surface area (Å²) in [5.41, 5.74) is -3.51. The molecule has 0 spiro atoms. The van der Waals surface area contributed by atoms with E-state index in [1.54, 1.807) is 0 Å². The number of sulfonamides is 1. The minimum Gasteiger partial charge on any atom is -0.340 e. The van der Waals surface area contributed by atoms with Crippen molar-refractivity contribution in [3.63, 3.8) is 0 Å².